The summed E-state index contributed by atoms with van der Waals surface area (Å²) in [5, 5.41) is 3.68. The highest BCUT2D eigenvalue weighted by atomic mass is 15.1. The highest BCUT2D eigenvalue weighted by molar-refractivity contribution is 4.85. The van der Waals surface area contributed by atoms with E-state index in [1.165, 1.54) is 51.7 Å². The minimum absolute atomic E-state index is 0.401. The number of rotatable bonds is 3. The average Bonchev–Trinajstić information content (AvgIpc) is 2.63. The van der Waals surface area contributed by atoms with Gasteiger partial charge in [-0.3, -0.25) is 0 Å². The monoisotopic (exact) mass is 211 g/mol. The summed E-state index contributed by atoms with van der Waals surface area (Å²) in [4.78, 5) is 2.42. The molecule has 3 heteroatoms. The molecular weight excluding hydrogens is 186 g/mol. The van der Waals surface area contributed by atoms with Gasteiger partial charge in [-0.1, -0.05) is 12.8 Å². The molecule has 0 amide bonds. The lowest BCUT2D eigenvalue weighted by atomic mass is 9.90. The standard InChI is InChI=1S/C12H25N3/c1-15-7-6-10(9-15)8-14-12-5-3-2-4-11(12)13/h10-12,14H,2-9,13H2,1H3. The van der Waals surface area contributed by atoms with Gasteiger partial charge >= 0.3 is 0 Å². The van der Waals surface area contributed by atoms with Gasteiger partial charge in [0.15, 0.2) is 0 Å². The predicted octanol–water partition coefficient (Wildman–Crippen LogP) is 0.798. The summed E-state index contributed by atoms with van der Waals surface area (Å²) < 4.78 is 0. The topological polar surface area (TPSA) is 41.3 Å². The first-order valence-electron chi connectivity index (χ1n) is 6.43. The van der Waals surface area contributed by atoms with Crippen molar-refractivity contribution in [2.24, 2.45) is 11.7 Å². The molecule has 1 saturated carbocycles. The van der Waals surface area contributed by atoms with Crippen molar-refractivity contribution >= 4 is 0 Å². The van der Waals surface area contributed by atoms with Crippen LogP contribution in [0.1, 0.15) is 32.1 Å². The molecule has 88 valence electrons. The van der Waals surface area contributed by atoms with Crippen LogP contribution < -0.4 is 11.1 Å². The lowest BCUT2D eigenvalue weighted by molar-refractivity contribution is 0.307. The van der Waals surface area contributed by atoms with Crippen molar-refractivity contribution in [3.05, 3.63) is 0 Å². The third kappa shape index (κ3) is 3.16. The molecule has 1 aliphatic heterocycles. The Bertz CT molecular complexity index is 195. The molecule has 1 aliphatic carbocycles. The Balaban J connectivity index is 1.68. The Hall–Kier alpha value is -0.120. The van der Waals surface area contributed by atoms with Crippen LogP contribution in [0.15, 0.2) is 0 Å². The van der Waals surface area contributed by atoms with E-state index in [1.54, 1.807) is 0 Å². The minimum Gasteiger partial charge on any atom is -0.326 e. The summed E-state index contributed by atoms with van der Waals surface area (Å²) in [7, 11) is 2.21. The third-order valence-corrected chi connectivity index (χ3v) is 3.98. The first-order chi connectivity index (χ1) is 7.25. The van der Waals surface area contributed by atoms with Gasteiger partial charge in [-0.25, -0.2) is 0 Å². The van der Waals surface area contributed by atoms with Gasteiger partial charge in [0.1, 0.15) is 0 Å². The fourth-order valence-electron chi connectivity index (χ4n) is 2.92. The third-order valence-electron chi connectivity index (χ3n) is 3.98. The van der Waals surface area contributed by atoms with Crippen LogP contribution >= 0.6 is 0 Å². The number of nitrogens with one attached hydrogen (secondary N) is 1. The maximum atomic E-state index is 6.12. The first kappa shape index (κ1) is 11.4. The van der Waals surface area contributed by atoms with Gasteiger partial charge in [0, 0.05) is 18.6 Å². The average molecular weight is 211 g/mol. The number of likely N-dealkylation sites (tertiary alicyclic amines) is 1. The lowest BCUT2D eigenvalue weighted by Gasteiger charge is -2.30. The van der Waals surface area contributed by atoms with Crippen molar-refractivity contribution in [1.29, 1.82) is 0 Å². The maximum absolute atomic E-state index is 6.12. The van der Waals surface area contributed by atoms with Crippen LogP contribution in [0.2, 0.25) is 0 Å². The van der Waals surface area contributed by atoms with E-state index in [-0.39, 0.29) is 0 Å². The summed E-state index contributed by atoms with van der Waals surface area (Å²) >= 11 is 0. The van der Waals surface area contributed by atoms with Gasteiger partial charge in [0.05, 0.1) is 0 Å². The highest BCUT2D eigenvalue weighted by Gasteiger charge is 2.24. The van der Waals surface area contributed by atoms with Crippen LogP contribution in [-0.4, -0.2) is 43.7 Å². The number of nitrogens with zero attached hydrogens (tertiary/aromatic N) is 1. The summed E-state index contributed by atoms with van der Waals surface area (Å²) in [5.74, 6) is 0.851. The van der Waals surface area contributed by atoms with E-state index in [1.807, 2.05) is 0 Å². The molecule has 2 fully saturated rings. The number of nitrogens with two attached hydrogens (primary N) is 1. The molecule has 2 rings (SSSR count). The van der Waals surface area contributed by atoms with Crippen molar-refractivity contribution in [2.75, 3.05) is 26.7 Å². The van der Waals surface area contributed by atoms with Gasteiger partial charge in [0.2, 0.25) is 0 Å². The van der Waals surface area contributed by atoms with Crippen molar-refractivity contribution in [2.45, 2.75) is 44.2 Å². The molecule has 2 aliphatic rings. The van der Waals surface area contributed by atoms with E-state index in [0.717, 1.165) is 5.92 Å². The molecule has 0 radical (unpaired) electrons. The SMILES string of the molecule is CN1CCC(CNC2CCCCC2N)C1. The van der Waals surface area contributed by atoms with Crippen LogP contribution in [0.25, 0.3) is 0 Å². The van der Waals surface area contributed by atoms with Crippen molar-refractivity contribution in [3.63, 3.8) is 0 Å². The zero-order chi connectivity index (χ0) is 10.7. The number of hydrogen-bond donors (Lipinski definition) is 2. The summed E-state index contributed by atoms with van der Waals surface area (Å²) in [5.41, 5.74) is 6.12. The van der Waals surface area contributed by atoms with Gasteiger partial charge in [-0.15, -0.1) is 0 Å². The normalized spacial score (nSPS) is 38.4. The Morgan fingerprint density at radius 2 is 2.07 bits per heavy atom. The quantitative estimate of drug-likeness (QED) is 0.725. The summed E-state index contributed by atoms with van der Waals surface area (Å²) in [6.07, 6.45) is 6.53. The van der Waals surface area contributed by atoms with E-state index in [2.05, 4.69) is 17.3 Å². The second-order valence-electron chi connectivity index (χ2n) is 5.38. The van der Waals surface area contributed by atoms with Crippen molar-refractivity contribution in [1.82, 2.24) is 10.2 Å². The van der Waals surface area contributed by atoms with E-state index >= 15 is 0 Å². The van der Waals surface area contributed by atoms with Crippen LogP contribution in [-0.2, 0) is 0 Å². The Kier molecular flexibility index (Phi) is 4.00. The molecule has 0 aromatic carbocycles. The highest BCUT2D eigenvalue weighted by Crippen LogP contribution is 2.18. The van der Waals surface area contributed by atoms with Gasteiger partial charge in [0.25, 0.3) is 0 Å². The largest absolute Gasteiger partial charge is 0.326 e. The molecule has 3 nitrogen and oxygen atoms in total. The molecule has 0 aromatic rings. The molecule has 0 spiro atoms. The first-order valence-corrected chi connectivity index (χ1v) is 6.43. The van der Waals surface area contributed by atoms with Gasteiger partial charge < -0.3 is 16.0 Å². The molecule has 3 unspecified atom stereocenters. The second kappa shape index (κ2) is 5.28. The molecule has 0 bridgehead atoms. The fourth-order valence-corrected chi connectivity index (χ4v) is 2.92. The van der Waals surface area contributed by atoms with Crippen molar-refractivity contribution < 1.29 is 0 Å². The zero-order valence-corrected chi connectivity index (χ0v) is 9.91. The van der Waals surface area contributed by atoms with Crippen LogP contribution in [0.3, 0.4) is 0 Å². The predicted molar refractivity (Wildman–Crippen MR) is 63.8 cm³/mol. The molecule has 1 heterocycles. The Labute approximate surface area is 93.4 Å². The van der Waals surface area contributed by atoms with Crippen LogP contribution in [0, 0.1) is 5.92 Å². The molecule has 3 atom stereocenters. The van der Waals surface area contributed by atoms with E-state index < -0.39 is 0 Å². The Morgan fingerprint density at radius 3 is 2.73 bits per heavy atom. The minimum atomic E-state index is 0.401. The molecule has 15 heavy (non-hydrogen) atoms. The van der Waals surface area contributed by atoms with Crippen molar-refractivity contribution in [3.8, 4) is 0 Å². The molecule has 0 aromatic heterocycles. The smallest absolute Gasteiger partial charge is 0.0219 e. The van der Waals surface area contributed by atoms with E-state index in [9.17, 15) is 0 Å². The Morgan fingerprint density at radius 1 is 1.27 bits per heavy atom. The second-order valence-corrected chi connectivity index (χ2v) is 5.38. The number of hydrogen-bond acceptors (Lipinski definition) is 3. The molecular formula is C12H25N3. The van der Waals surface area contributed by atoms with Crippen LogP contribution in [0.5, 0.6) is 0 Å². The maximum Gasteiger partial charge on any atom is 0.0219 e. The molecule has 3 N–H and O–H groups in total. The van der Waals surface area contributed by atoms with E-state index in [4.69, 9.17) is 5.73 Å². The summed E-state index contributed by atoms with van der Waals surface area (Å²) in [6, 6.07) is 0.988. The lowest BCUT2D eigenvalue weighted by Crippen LogP contribution is -2.48. The fraction of sp³-hybridized carbons (Fsp3) is 1.00. The van der Waals surface area contributed by atoms with E-state index in [0.29, 0.717) is 12.1 Å². The zero-order valence-electron chi connectivity index (χ0n) is 9.91. The summed E-state index contributed by atoms with van der Waals surface area (Å²) in [6.45, 7) is 3.70. The molecule has 1 saturated heterocycles. The van der Waals surface area contributed by atoms with Gasteiger partial charge in [-0.2, -0.15) is 0 Å². The van der Waals surface area contributed by atoms with Gasteiger partial charge in [-0.05, 0) is 45.3 Å². The van der Waals surface area contributed by atoms with Crippen LogP contribution in [0.4, 0.5) is 0 Å².